The van der Waals surface area contributed by atoms with Crippen molar-refractivity contribution in [3.8, 4) is 0 Å². The molecule has 2 rings (SSSR count). The van der Waals surface area contributed by atoms with Gasteiger partial charge in [-0.05, 0) is 43.3 Å². The van der Waals surface area contributed by atoms with Crippen LogP contribution in [0.3, 0.4) is 0 Å². The fourth-order valence-electron chi connectivity index (χ4n) is 1.66. The molecule has 0 aliphatic carbocycles. The first-order chi connectivity index (χ1) is 10.4. The van der Waals surface area contributed by atoms with E-state index < -0.39 is 11.7 Å². The average Bonchev–Trinajstić information content (AvgIpc) is 2.97. The second kappa shape index (κ2) is 6.91. The molecule has 0 saturated carbocycles. The van der Waals surface area contributed by atoms with Gasteiger partial charge in [0.2, 0.25) is 5.91 Å². The Morgan fingerprint density at radius 3 is 2.50 bits per heavy atom. The molecule has 0 spiro atoms. The molecule has 0 aliphatic heterocycles. The molecule has 1 unspecified atom stereocenters. The molecule has 1 N–H and O–H groups in total. The molecule has 1 amide bonds. The molecule has 1 aromatic carbocycles. The molecule has 1 aromatic heterocycles. The predicted octanol–water partition coefficient (Wildman–Crippen LogP) is 4.56. The first-order valence-corrected chi connectivity index (χ1v) is 7.53. The second-order valence-electron chi connectivity index (χ2n) is 4.60. The van der Waals surface area contributed by atoms with Crippen molar-refractivity contribution in [3.05, 3.63) is 54.0 Å². The van der Waals surface area contributed by atoms with E-state index in [1.807, 2.05) is 6.07 Å². The molecule has 1 heterocycles. The van der Waals surface area contributed by atoms with Crippen LogP contribution in [0.4, 0.5) is 18.9 Å². The van der Waals surface area contributed by atoms with Gasteiger partial charge < -0.3 is 9.73 Å². The summed E-state index contributed by atoms with van der Waals surface area (Å²) < 4.78 is 42.5. The zero-order valence-electron chi connectivity index (χ0n) is 11.7. The van der Waals surface area contributed by atoms with Crippen molar-refractivity contribution in [1.82, 2.24) is 0 Å². The topological polar surface area (TPSA) is 42.2 Å². The number of rotatable bonds is 5. The number of carbonyl (C=O) groups excluding carboxylic acids is 1. The van der Waals surface area contributed by atoms with Crippen LogP contribution in [-0.2, 0) is 16.7 Å². The van der Waals surface area contributed by atoms with E-state index in [9.17, 15) is 18.0 Å². The van der Waals surface area contributed by atoms with Crippen LogP contribution in [0.15, 0.2) is 47.1 Å². The number of thioether (sulfide) groups is 1. The van der Waals surface area contributed by atoms with Gasteiger partial charge in [0.15, 0.2) is 0 Å². The molecule has 118 valence electrons. The van der Waals surface area contributed by atoms with E-state index >= 15 is 0 Å². The third-order valence-corrected chi connectivity index (χ3v) is 4.07. The van der Waals surface area contributed by atoms with Crippen LogP contribution in [0, 0.1) is 0 Å². The zero-order chi connectivity index (χ0) is 16.2. The van der Waals surface area contributed by atoms with E-state index in [-0.39, 0.29) is 11.2 Å². The number of hydrogen-bond acceptors (Lipinski definition) is 3. The van der Waals surface area contributed by atoms with Gasteiger partial charge in [0, 0.05) is 5.69 Å². The first kappa shape index (κ1) is 16.5. The van der Waals surface area contributed by atoms with Crippen LogP contribution >= 0.6 is 11.8 Å². The van der Waals surface area contributed by atoms with Crippen molar-refractivity contribution < 1.29 is 22.4 Å². The molecule has 22 heavy (non-hydrogen) atoms. The fraction of sp³-hybridized carbons (Fsp3) is 0.267. The maximum atomic E-state index is 12.4. The summed E-state index contributed by atoms with van der Waals surface area (Å²) in [5.74, 6) is 1.05. The maximum absolute atomic E-state index is 12.4. The number of nitrogens with one attached hydrogen (secondary N) is 1. The van der Waals surface area contributed by atoms with E-state index in [0.29, 0.717) is 11.4 Å². The Bertz CT molecular complexity index is 609. The summed E-state index contributed by atoms with van der Waals surface area (Å²) in [6, 6.07) is 7.94. The van der Waals surface area contributed by atoms with Gasteiger partial charge in [0.1, 0.15) is 5.76 Å². The molecule has 0 bridgehead atoms. The Labute approximate surface area is 129 Å². The van der Waals surface area contributed by atoms with Gasteiger partial charge in [-0.3, -0.25) is 4.79 Å². The lowest BCUT2D eigenvalue weighted by Crippen LogP contribution is -2.22. The van der Waals surface area contributed by atoms with E-state index in [4.69, 9.17) is 4.42 Å². The van der Waals surface area contributed by atoms with Crippen LogP contribution < -0.4 is 5.32 Å². The summed E-state index contributed by atoms with van der Waals surface area (Å²) in [4.78, 5) is 12.0. The number of hydrogen-bond donors (Lipinski definition) is 1. The number of furan rings is 1. The number of alkyl halides is 3. The first-order valence-electron chi connectivity index (χ1n) is 6.48. The Morgan fingerprint density at radius 2 is 1.95 bits per heavy atom. The van der Waals surface area contributed by atoms with Crippen LogP contribution in [0.2, 0.25) is 0 Å². The molecule has 0 aliphatic rings. The average molecular weight is 329 g/mol. The molecular weight excluding hydrogens is 315 g/mol. The quantitative estimate of drug-likeness (QED) is 0.874. The van der Waals surface area contributed by atoms with E-state index in [1.54, 1.807) is 19.3 Å². The summed E-state index contributed by atoms with van der Waals surface area (Å²) in [6.45, 7) is 1.73. The van der Waals surface area contributed by atoms with Crippen molar-refractivity contribution in [3.63, 3.8) is 0 Å². The molecule has 7 heteroatoms. The monoisotopic (exact) mass is 329 g/mol. The lowest BCUT2D eigenvalue weighted by Gasteiger charge is -2.12. The highest BCUT2D eigenvalue weighted by atomic mass is 32.2. The summed E-state index contributed by atoms with van der Waals surface area (Å²) >= 11 is 1.38. The van der Waals surface area contributed by atoms with Crippen molar-refractivity contribution in [2.75, 3.05) is 5.32 Å². The van der Waals surface area contributed by atoms with Crippen LogP contribution in [-0.4, -0.2) is 11.2 Å². The van der Waals surface area contributed by atoms with E-state index in [2.05, 4.69) is 5.32 Å². The zero-order valence-corrected chi connectivity index (χ0v) is 12.5. The van der Waals surface area contributed by atoms with Crippen LogP contribution in [0.25, 0.3) is 0 Å². The summed E-state index contributed by atoms with van der Waals surface area (Å²) in [5, 5.41) is 2.24. The summed E-state index contributed by atoms with van der Waals surface area (Å²) in [5.41, 5.74) is -0.408. The summed E-state index contributed by atoms with van der Waals surface area (Å²) in [6.07, 6.45) is -2.82. The number of anilines is 1. The van der Waals surface area contributed by atoms with Gasteiger partial charge in [0.05, 0.1) is 22.8 Å². The fourth-order valence-corrected chi connectivity index (χ4v) is 2.45. The third-order valence-electron chi connectivity index (χ3n) is 2.90. The van der Waals surface area contributed by atoms with Gasteiger partial charge in [-0.15, -0.1) is 11.8 Å². The van der Waals surface area contributed by atoms with Gasteiger partial charge in [-0.25, -0.2) is 0 Å². The lowest BCUT2D eigenvalue weighted by atomic mass is 10.2. The van der Waals surface area contributed by atoms with Crippen LogP contribution in [0.1, 0.15) is 18.2 Å². The van der Waals surface area contributed by atoms with Gasteiger partial charge in [0.25, 0.3) is 0 Å². The minimum atomic E-state index is -4.38. The van der Waals surface area contributed by atoms with Gasteiger partial charge in [-0.2, -0.15) is 13.2 Å². The van der Waals surface area contributed by atoms with E-state index in [0.717, 1.165) is 17.9 Å². The highest BCUT2D eigenvalue weighted by molar-refractivity contribution is 7.99. The predicted molar refractivity (Wildman–Crippen MR) is 79.5 cm³/mol. The number of amides is 1. The molecule has 0 radical (unpaired) electrons. The maximum Gasteiger partial charge on any atom is 0.416 e. The van der Waals surface area contributed by atoms with Gasteiger partial charge in [-0.1, -0.05) is 0 Å². The molecule has 0 saturated heterocycles. The standard InChI is InChI=1S/C15H14F3NO2S/c1-10(22-9-13-3-2-8-21-13)14(20)19-12-6-4-11(5-7-12)15(16,17)18/h2-8,10H,9H2,1H3,(H,19,20). The lowest BCUT2D eigenvalue weighted by molar-refractivity contribution is -0.137. The van der Waals surface area contributed by atoms with Gasteiger partial charge >= 0.3 is 6.18 Å². The minimum Gasteiger partial charge on any atom is -0.468 e. The summed E-state index contributed by atoms with van der Waals surface area (Å²) in [7, 11) is 0. The Kier molecular flexibility index (Phi) is 5.18. The van der Waals surface area contributed by atoms with Crippen molar-refractivity contribution >= 4 is 23.4 Å². The normalized spacial score (nSPS) is 12.9. The van der Waals surface area contributed by atoms with Crippen molar-refractivity contribution in [1.29, 1.82) is 0 Å². The molecule has 3 nitrogen and oxygen atoms in total. The highest BCUT2D eigenvalue weighted by Crippen LogP contribution is 2.30. The SMILES string of the molecule is CC(SCc1ccco1)C(=O)Nc1ccc(C(F)(F)F)cc1. The minimum absolute atomic E-state index is 0.267. The number of carbonyl (C=O) groups is 1. The molecule has 0 fully saturated rings. The Balaban J connectivity index is 1.88. The third kappa shape index (κ3) is 4.56. The highest BCUT2D eigenvalue weighted by Gasteiger charge is 2.30. The molecular formula is C15H14F3NO2S. The Morgan fingerprint density at radius 1 is 1.27 bits per heavy atom. The second-order valence-corrected chi connectivity index (χ2v) is 5.93. The smallest absolute Gasteiger partial charge is 0.416 e. The number of benzene rings is 1. The Hall–Kier alpha value is -1.89. The van der Waals surface area contributed by atoms with E-state index in [1.165, 1.54) is 23.9 Å². The van der Waals surface area contributed by atoms with Crippen molar-refractivity contribution in [2.45, 2.75) is 24.1 Å². The largest absolute Gasteiger partial charge is 0.468 e. The van der Waals surface area contributed by atoms with Crippen molar-refractivity contribution in [2.24, 2.45) is 0 Å². The molecule has 1 atom stereocenters. The van der Waals surface area contributed by atoms with Crippen LogP contribution in [0.5, 0.6) is 0 Å². The molecule has 2 aromatic rings. The number of halogens is 3.